The Bertz CT molecular complexity index is 962. The van der Waals surface area contributed by atoms with Crippen LogP contribution in [0.4, 0.5) is 5.69 Å². The third kappa shape index (κ3) is 4.97. The molecule has 2 aromatic carbocycles. The van der Waals surface area contributed by atoms with E-state index in [1.54, 1.807) is 55.6 Å². The summed E-state index contributed by atoms with van der Waals surface area (Å²) < 4.78 is 16.7. The Morgan fingerprint density at radius 3 is 2.52 bits per heavy atom. The molecule has 1 heterocycles. The van der Waals surface area contributed by atoms with Gasteiger partial charge in [-0.1, -0.05) is 6.92 Å². The average Bonchev–Trinajstić information content (AvgIpc) is 3.23. The van der Waals surface area contributed by atoms with Crippen LogP contribution < -0.4 is 14.8 Å². The quantitative estimate of drug-likeness (QED) is 0.568. The SMILES string of the molecule is CCC(C)Oc1ccc(C(=O)Nc2cc(-c3ccc(CO)o3)ccc2OC)cc1. The van der Waals surface area contributed by atoms with Crippen LogP contribution in [0, 0.1) is 0 Å². The maximum atomic E-state index is 12.7. The van der Waals surface area contributed by atoms with E-state index in [1.165, 1.54) is 0 Å². The molecule has 2 N–H and O–H groups in total. The number of nitrogens with one attached hydrogen (secondary N) is 1. The van der Waals surface area contributed by atoms with Crippen LogP contribution in [0.15, 0.2) is 59.0 Å². The number of furan rings is 1. The minimum atomic E-state index is -0.258. The van der Waals surface area contributed by atoms with E-state index in [0.717, 1.165) is 17.7 Å². The van der Waals surface area contributed by atoms with Crippen molar-refractivity contribution >= 4 is 11.6 Å². The Morgan fingerprint density at radius 2 is 1.90 bits per heavy atom. The molecule has 3 rings (SSSR count). The predicted octanol–water partition coefficient (Wildman–Crippen LogP) is 4.88. The topological polar surface area (TPSA) is 80.9 Å². The van der Waals surface area contributed by atoms with Gasteiger partial charge in [0.25, 0.3) is 5.91 Å². The van der Waals surface area contributed by atoms with Gasteiger partial charge in [0, 0.05) is 11.1 Å². The summed E-state index contributed by atoms with van der Waals surface area (Å²) >= 11 is 0. The van der Waals surface area contributed by atoms with Crippen LogP contribution in [-0.2, 0) is 6.61 Å². The maximum Gasteiger partial charge on any atom is 0.255 e. The van der Waals surface area contributed by atoms with Crippen LogP contribution in [0.25, 0.3) is 11.3 Å². The minimum Gasteiger partial charge on any atom is -0.495 e. The second-order valence-electron chi connectivity index (χ2n) is 6.65. The fourth-order valence-corrected chi connectivity index (χ4v) is 2.77. The third-order valence-corrected chi connectivity index (χ3v) is 4.58. The Morgan fingerprint density at radius 1 is 1.14 bits per heavy atom. The highest BCUT2D eigenvalue weighted by molar-refractivity contribution is 6.05. The number of anilines is 1. The molecule has 152 valence electrons. The van der Waals surface area contributed by atoms with Crippen LogP contribution in [-0.4, -0.2) is 24.2 Å². The summed E-state index contributed by atoms with van der Waals surface area (Å²) in [6.45, 7) is 3.89. The summed E-state index contributed by atoms with van der Waals surface area (Å²) in [5.74, 6) is 2.08. The lowest BCUT2D eigenvalue weighted by molar-refractivity contribution is 0.102. The molecule has 0 bridgehead atoms. The van der Waals surface area contributed by atoms with Crippen molar-refractivity contribution < 1.29 is 23.8 Å². The molecule has 1 atom stereocenters. The number of hydrogen-bond donors (Lipinski definition) is 2. The largest absolute Gasteiger partial charge is 0.495 e. The van der Waals surface area contributed by atoms with E-state index in [-0.39, 0.29) is 18.6 Å². The molecule has 0 aliphatic heterocycles. The number of benzene rings is 2. The van der Waals surface area contributed by atoms with Crippen molar-refractivity contribution in [3.63, 3.8) is 0 Å². The smallest absolute Gasteiger partial charge is 0.255 e. The molecule has 0 aliphatic carbocycles. The van der Waals surface area contributed by atoms with E-state index < -0.39 is 0 Å². The molecule has 1 unspecified atom stereocenters. The van der Waals surface area contributed by atoms with E-state index >= 15 is 0 Å². The van der Waals surface area contributed by atoms with Crippen LogP contribution in [0.2, 0.25) is 0 Å². The molecule has 3 aromatic rings. The molecule has 0 radical (unpaired) electrons. The van der Waals surface area contributed by atoms with Crippen molar-refractivity contribution in [3.05, 3.63) is 65.9 Å². The van der Waals surface area contributed by atoms with Gasteiger partial charge in [-0.05, 0) is 67.9 Å². The Kier molecular flexibility index (Phi) is 6.57. The molecule has 6 nitrogen and oxygen atoms in total. The first-order chi connectivity index (χ1) is 14.0. The van der Waals surface area contributed by atoms with Crippen LogP contribution in [0.1, 0.15) is 36.4 Å². The summed E-state index contributed by atoms with van der Waals surface area (Å²) in [5, 5.41) is 12.1. The van der Waals surface area contributed by atoms with Crippen LogP contribution in [0.3, 0.4) is 0 Å². The molecular formula is C23H25NO5. The highest BCUT2D eigenvalue weighted by Gasteiger charge is 2.13. The number of rotatable bonds is 8. The van der Waals surface area contributed by atoms with Gasteiger partial charge in [-0.25, -0.2) is 0 Å². The predicted molar refractivity (Wildman–Crippen MR) is 111 cm³/mol. The Hall–Kier alpha value is -3.25. The molecule has 0 fully saturated rings. The molecule has 0 saturated carbocycles. The van der Waals surface area contributed by atoms with Crippen molar-refractivity contribution in [3.8, 4) is 22.8 Å². The summed E-state index contributed by atoms with van der Waals surface area (Å²) in [4.78, 5) is 12.7. The molecular weight excluding hydrogens is 370 g/mol. The first kappa shape index (κ1) is 20.5. The average molecular weight is 395 g/mol. The van der Waals surface area contributed by atoms with E-state index in [1.807, 2.05) is 13.0 Å². The molecule has 1 amide bonds. The number of carbonyl (C=O) groups excluding carboxylic acids is 1. The summed E-state index contributed by atoms with van der Waals surface area (Å²) in [7, 11) is 1.54. The number of ether oxygens (including phenoxy) is 2. The minimum absolute atomic E-state index is 0.120. The molecule has 0 saturated heterocycles. The number of aliphatic hydroxyl groups is 1. The first-order valence-electron chi connectivity index (χ1n) is 9.50. The second kappa shape index (κ2) is 9.30. The van der Waals surface area contributed by atoms with Gasteiger partial charge < -0.3 is 24.3 Å². The Balaban J connectivity index is 1.79. The van der Waals surface area contributed by atoms with E-state index in [9.17, 15) is 9.90 Å². The standard InChI is InChI=1S/C23H25NO5/c1-4-15(2)28-18-8-5-16(6-9-18)23(26)24-20-13-17(7-11-22(20)27-3)21-12-10-19(14-25)29-21/h5-13,15,25H,4,14H2,1-3H3,(H,24,26). The van der Waals surface area contributed by atoms with Gasteiger partial charge in [0.2, 0.25) is 0 Å². The fourth-order valence-electron chi connectivity index (χ4n) is 2.77. The van der Waals surface area contributed by atoms with Gasteiger partial charge in [0.15, 0.2) is 0 Å². The fraction of sp³-hybridized carbons (Fsp3) is 0.261. The zero-order valence-electron chi connectivity index (χ0n) is 16.8. The van der Waals surface area contributed by atoms with E-state index in [4.69, 9.17) is 13.9 Å². The monoisotopic (exact) mass is 395 g/mol. The van der Waals surface area contributed by atoms with Crippen LogP contribution in [0.5, 0.6) is 11.5 Å². The molecule has 6 heteroatoms. The van der Waals surface area contributed by atoms with Gasteiger partial charge in [-0.15, -0.1) is 0 Å². The molecule has 0 spiro atoms. The third-order valence-electron chi connectivity index (χ3n) is 4.58. The van der Waals surface area contributed by atoms with Crippen molar-refractivity contribution in [2.45, 2.75) is 33.0 Å². The van der Waals surface area contributed by atoms with Crippen molar-refractivity contribution in [1.82, 2.24) is 0 Å². The van der Waals surface area contributed by atoms with Gasteiger partial charge in [0.1, 0.15) is 29.6 Å². The second-order valence-corrected chi connectivity index (χ2v) is 6.65. The van der Waals surface area contributed by atoms with Gasteiger partial charge >= 0.3 is 0 Å². The van der Waals surface area contributed by atoms with E-state index in [2.05, 4.69) is 12.2 Å². The number of amides is 1. The normalized spacial score (nSPS) is 11.7. The summed E-state index contributed by atoms with van der Waals surface area (Å²) in [6.07, 6.45) is 1.03. The summed E-state index contributed by atoms with van der Waals surface area (Å²) in [5.41, 5.74) is 1.80. The number of aliphatic hydroxyl groups excluding tert-OH is 1. The van der Waals surface area contributed by atoms with Crippen molar-refractivity contribution in [2.24, 2.45) is 0 Å². The highest BCUT2D eigenvalue weighted by atomic mass is 16.5. The lowest BCUT2D eigenvalue weighted by Gasteiger charge is -2.14. The number of hydrogen-bond acceptors (Lipinski definition) is 5. The van der Waals surface area contributed by atoms with Gasteiger partial charge in [-0.2, -0.15) is 0 Å². The zero-order chi connectivity index (χ0) is 20.8. The maximum absolute atomic E-state index is 12.7. The highest BCUT2D eigenvalue weighted by Crippen LogP contribution is 2.32. The molecule has 1 aromatic heterocycles. The lowest BCUT2D eigenvalue weighted by Crippen LogP contribution is -2.13. The van der Waals surface area contributed by atoms with Gasteiger partial charge in [0.05, 0.1) is 18.9 Å². The molecule has 29 heavy (non-hydrogen) atoms. The van der Waals surface area contributed by atoms with Crippen LogP contribution >= 0.6 is 0 Å². The first-order valence-corrected chi connectivity index (χ1v) is 9.50. The lowest BCUT2D eigenvalue weighted by atomic mass is 10.1. The molecule has 0 aliphatic rings. The van der Waals surface area contributed by atoms with E-state index in [0.29, 0.717) is 28.5 Å². The zero-order valence-corrected chi connectivity index (χ0v) is 16.8. The van der Waals surface area contributed by atoms with Crippen molar-refractivity contribution in [2.75, 3.05) is 12.4 Å². The van der Waals surface area contributed by atoms with Gasteiger partial charge in [-0.3, -0.25) is 4.79 Å². The summed E-state index contributed by atoms with van der Waals surface area (Å²) in [6, 6.07) is 15.9. The number of methoxy groups -OCH3 is 1. The Labute approximate surface area is 170 Å². The van der Waals surface area contributed by atoms with Crippen molar-refractivity contribution in [1.29, 1.82) is 0 Å². The number of carbonyl (C=O) groups is 1.